The van der Waals surface area contributed by atoms with Crippen LogP contribution in [0.4, 0.5) is 0 Å². The molecule has 1 N–H and O–H groups in total. The zero-order valence-electron chi connectivity index (χ0n) is 12.0. The molecule has 2 amide bonds. The van der Waals surface area contributed by atoms with Crippen LogP contribution in [0.25, 0.3) is 10.1 Å². The van der Waals surface area contributed by atoms with E-state index in [0.717, 1.165) is 0 Å². The van der Waals surface area contributed by atoms with Crippen molar-refractivity contribution in [1.82, 2.24) is 9.27 Å². The SMILES string of the molecule is COc1cc2sn(C3CCC(=O)NC3=O)c(=O)c2cc1OC. The molecule has 7 nitrogen and oxygen atoms in total. The Morgan fingerprint density at radius 2 is 1.86 bits per heavy atom. The van der Waals surface area contributed by atoms with E-state index in [2.05, 4.69) is 5.32 Å². The van der Waals surface area contributed by atoms with Crippen molar-refractivity contribution in [2.75, 3.05) is 14.2 Å². The maximum atomic E-state index is 12.5. The van der Waals surface area contributed by atoms with Gasteiger partial charge in [-0.15, -0.1) is 0 Å². The molecule has 1 aliphatic heterocycles. The van der Waals surface area contributed by atoms with E-state index in [-0.39, 0.29) is 17.9 Å². The molecule has 0 saturated carbocycles. The van der Waals surface area contributed by atoms with Crippen molar-refractivity contribution in [3.05, 3.63) is 22.5 Å². The van der Waals surface area contributed by atoms with Gasteiger partial charge in [0.15, 0.2) is 11.5 Å². The minimum atomic E-state index is -0.653. The fourth-order valence-electron chi connectivity index (χ4n) is 2.48. The fraction of sp³-hybridized carbons (Fsp3) is 0.357. The average molecular weight is 322 g/mol. The zero-order valence-corrected chi connectivity index (χ0v) is 12.9. The standard InChI is InChI=1S/C14H14N2O5S/c1-20-9-5-7-11(6-10(9)21-2)22-16(14(7)19)8-3-4-12(17)15-13(8)18/h5-6,8H,3-4H2,1-2H3,(H,15,17,18). The smallest absolute Gasteiger partial charge is 0.269 e. The molecular formula is C14H14N2O5S. The molecule has 2 aromatic rings. The van der Waals surface area contributed by atoms with Crippen molar-refractivity contribution >= 4 is 33.4 Å². The molecule has 1 aromatic heterocycles. The van der Waals surface area contributed by atoms with Crippen LogP contribution in [0.15, 0.2) is 16.9 Å². The Bertz CT molecular complexity index is 822. The van der Waals surface area contributed by atoms with Gasteiger partial charge in [-0.3, -0.25) is 23.7 Å². The second-order valence-corrected chi connectivity index (χ2v) is 5.91. The quantitative estimate of drug-likeness (QED) is 0.854. The summed E-state index contributed by atoms with van der Waals surface area (Å²) >= 11 is 1.18. The van der Waals surface area contributed by atoms with E-state index in [9.17, 15) is 14.4 Å². The Morgan fingerprint density at radius 3 is 2.50 bits per heavy atom. The first-order chi connectivity index (χ1) is 10.5. The van der Waals surface area contributed by atoms with Gasteiger partial charge in [-0.25, -0.2) is 0 Å². The molecule has 1 atom stereocenters. The number of rotatable bonds is 3. The van der Waals surface area contributed by atoms with Crippen molar-refractivity contribution in [1.29, 1.82) is 0 Å². The van der Waals surface area contributed by atoms with E-state index in [0.29, 0.717) is 28.0 Å². The van der Waals surface area contributed by atoms with Gasteiger partial charge < -0.3 is 9.47 Å². The first-order valence-corrected chi connectivity index (χ1v) is 7.43. The van der Waals surface area contributed by atoms with Gasteiger partial charge in [0, 0.05) is 12.5 Å². The van der Waals surface area contributed by atoms with Gasteiger partial charge in [-0.05, 0) is 12.5 Å². The van der Waals surface area contributed by atoms with Crippen LogP contribution in [-0.4, -0.2) is 30.0 Å². The third-order valence-electron chi connectivity index (χ3n) is 3.61. The number of nitrogens with one attached hydrogen (secondary N) is 1. The number of amides is 2. The van der Waals surface area contributed by atoms with Crippen LogP contribution >= 0.6 is 11.5 Å². The first-order valence-electron chi connectivity index (χ1n) is 6.66. The fourth-order valence-corrected chi connectivity index (χ4v) is 3.61. The number of nitrogens with zero attached hydrogens (tertiary/aromatic N) is 1. The van der Waals surface area contributed by atoms with Crippen LogP contribution in [0.3, 0.4) is 0 Å². The number of aromatic nitrogens is 1. The molecule has 1 aliphatic rings. The van der Waals surface area contributed by atoms with Crippen molar-refractivity contribution in [3.63, 3.8) is 0 Å². The van der Waals surface area contributed by atoms with Crippen molar-refractivity contribution in [3.8, 4) is 11.5 Å². The van der Waals surface area contributed by atoms with Crippen LogP contribution in [0.5, 0.6) is 11.5 Å². The molecular weight excluding hydrogens is 308 g/mol. The Hall–Kier alpha value is -2.35. The minimum Gasteiger partial charge on any atom is -0.493 e. The molecule has 8 heteroatoms. The summed E-state index contributed by atoms with van der Waals surface area (Å²) in [6, 6.07) is 2.66. The highest BCUT2D eigenvalue weighted by molar-refractivity contribution is 7.14. The molecule has 22 heavy (non-hydrogen) atoms. The summed E-state index contributed by atoms with van der Waals surface area (Å²) in [6.07, 6.45) is 0.551. The van der Waals surface area contributed by atoms with Gasteiger partial charge >= 0.3 is 0 Å². The van der Waals surface area contributed by atoms with Crippen LogP contribution in [-0.2, 0) is 9.59 Å². The summed E-state index contributed by atoms with van der Waals surface area (Å²) in [6.45, 7) is 0. The van der Waals surface area contributed by atoms with Crippen molar-refractivity contribution < 1.29 is 19.1 Å². The molecule has 0 bridgehead atoms. The molecule has 0 spiro atoms. The number of carbonyl (C=O) groups excluding carboxylic acids is 2. The van der Waals surface area contributed by atoms with Gasteiger partial charge in [-0.1, -0.05) is 11.5 Å². The maximum absolute atomic E-state index is 12.5. The van der Waals surface area contributed by atoms with Crippen molar-refractivity contribution in [2.45, 2.75) is 18.9 Å². The highest BCUT2D eigenvalue weighted by atomic mass is 32.1. The maximum Gasteiger partial charge on any atom is 0.269 e. The molecule has 0 aliphatic carbocycles. The number of hydrogen-bond donors (Lipinski definition) is 1. The van der Waals surface area contributed by atoms with Crippen LogP contribution in [0.1, 0.15) is 18.9 Å². The lowest BCUT2D eigenvalue weighted by Gasteiger charge is -2.20. The van der Waals surface area contributed by atoms with Gasteiger partial charge in [0.25, 0.3) is 11.5 Å². The van der Waals surface area contributed by atoms with E-state index in [1.54, 1.807) is 12.1 Å². The summed E-state index contributed by atoms with van der Waals surface area (Å²) in [5.41, 5.74) is -0.268. The molecule has 1 unspecified atom stereocenters. The molecule has 1 fully saturated rings. The van der Waals surface area contributed by atoms with Crippen molar-refractivity contribution in [2.24, 2.45) is 0 Å². The largest absolute Gasteiger partial charge is 0.493 e. The second-order valence-electron chi connectivity index (χ2n) is 4.89. The minimum absolute atomic E-state index is 0.226. The molecule has 116 valence electrons. The molecule has 2 heterocycles. The summed E-state index contributed by atoms with van der Waals surface area (Å²) in [7, 11) is 3.01. The van der Waals surface area contributed by atoms with Gasteiger partial charge in [0.05, 0.1) is 24.3 Å². The third kappa shape index (κ3) is 2.25. The Balaban J connectivity index is 2.12. The lowest BCUT2D eigenvalue weighted by Crippen LogP contribution is -2.43. The van der Waals surface area contributed by atoms with E-state index >= 15 is 0 Å². The molecule has 3 rings (SSSR count). The number of carbonyl (C=O) groups is 2. The first kappa shape index (κ1) is 14.6. The lowest BCUT2D eigenvalue weighted by atomic mass is 10.1. The van der Waals surface area contributed by atoms with E-state index in [1.165, 1.54) is 29.7 Å². The molecule has 1 aromatic carbocycles. The number of fused-ring (bicyclic) bond motifs is 1. The van der Waals surface area contributed by atoms with Crippen LogP contribution < -0.4 is 20.3 Å². The van der Waals surface area contributed by atoms with E-state index in [4.69, 9.17) is 9.47 Å². The number of ether oxygens (including phenoxy) is 2. The Morgan fingerprint density at radius 1 is 1.18 bits per heavy atom. The second kappa shape index (κ2) is 5.45. The zero-order chi connectivity index (χ0) is 15.9. The predicted octanol–water partition coefficient (Wildman–Crippen LogP) is 1.06. The number of methoxy groups -OCH3 is 2. The highest BCUT2D eigenvalue weighted by Crippen LogP contribution is 2.34. The van der Waals surface area contributed by atoms with Crippen LogP contribution in [0.2, 0.25) is 0 Å². The number of imide groups is 1. The van der Waals surface area contributed by atoms with E-state index in [1.807, 2.05) is 0 Å². The summed E-state index contributed by atoms with van der Waals surface area (Å²) in [4.78, 5) is 35.7. The third-order valence-corrected chi connectivity index (χ3v) is 4.76. The summed E-state index contributed by atoms with van der Waals surface area (Å²) in [5, 5.41) is 2.73. The monoisotopic (exact) mass is 322 g/mol. The summed E-state index contributed by atoms with van der Waals surface area (Å²) in [5.74, 6) is 0.231. The molecule has 1 saturated heterocycles. The number of piperidine rings is 1. The lowest BCUT2D eigenvalue weighted by molar-refractivity contribution is -0.135. The van der Waals surface area contributed by atoms with Crippen LogP contribution in [0, 0.1) is 0 Å². The predicted molar refractivity (Wildman–Crippen MR) is 80.6 cm³/mol. The Labute approximate surface area is 129 Å². The van der Waals surface area contributed by atoms with Gasteiger partial charge in [0.2, 0.25) is 5.91 Å². The average Bonchev–Trinajstić information content (AvgIpc) is 2.82. The number of hydrogen-bond acceptors (Lipinski definition) is 6. The Kier molecular flexibility index (Phi) is 3.61. The van der Waals surface area contributed by atoms with E-state index < -0.39 is 11.9 Å². The highest BCUT2D eigenvalue weighted by Gasteiger charge is 2.30. The summed E-state index contributed by atoms with van der Waals surface area (Å²) < 4.78 is 12.5. The normalized spacial score (nSPS) is 18.4. The van der Waals surface area contributed by atoms with Gasteiger partial charge in [0.1, 0.15) is 6.04 Å². The van der Waals surface area contributed by atoms with Gasteiger partial charge in [-0.2, -0.15) is 0 Å². The molecule has 0 radical (unpaired) electrons. The topological polar surface area (TPSA) is 86.6 Å². The number of benzene rings is 1.